The summed E-state index contributed by atoms with van der Waals surface area (Å²) in [6.07, 6.45) is 0. The van der Waals surface area contributed by atoms with Gasteiger partial charge in [-0.15, -0.1) is 0 Å². The van der Waals surface area contributed by atoms with Crippen LogP contribution < -0.4 is 0 Å². The summed E-state index contributed by atoms with van der Waals surface area (Å²) < 4.78 is 13.0. The fourth-order valence-corrected chi connectivity index (χ4v) is 9.09. The fraction of sp³-hybridized carbons (Fsp3) is 0.516. The summed E-state index contributed by atoms with van der Waals surface area (Å²) in [5.74, 6) is 1.23. The topological polar surface area (TPSA) is 155 Å². The van der Waals surface area contributed by atoms with Crippen LogP contribution in [0.3, 0.4) is 0 Å². The SMILES string of the molecule is C[Si](C)(C)[NH-].C[Si](C)(C)[NH-].Cc1cc(C(C)C)nn1[BH-](n1nc(C(C)C)cc1C)n1nc(C(C)(C)C(C)(C)c2cc(C)n([BH-](n3nc(C(C)C)cc3C)n3nc(C(C)C)cc3C)n2)cc1C.Cc1ccccc1.Cc1ccccc1.[Co+2].[Co+2]. The van der Waals surface area contributed by atoms with E-state index in [2.05, 4.69) is 227 Å². The molecule has 8 rings (SSSR count). The van der Waals surface area contributed by atoms with Crippen molar-refractivity contribution in [1.82, 2.24) is 58.1 Å². The number of hydrogen-bond acceptors (Lipinski definition) is 6. The van der Waals surface area contributed by atoms with Crippen molar-refractivity contribution in [2.75, 3.05) is 0 Å². The van der Waals surface area contributed by atoms with Gasteiger partial charge in [-0.25, -0.2) is 30.6 Å². The minimum absolute atomic E-state index is 0. The maximum absolute atomic E-state index is 7.08. The molecule has 0 amide bonds. The molecular formula is C62H102B2Co2N14Si2. The van der Waals surface area contributed by atoms with E-state index < -0.39 is 41.5 Å². The van der Waals surface area contributed by atoms with Crippen molar-refractivity contribution in [2.24, 2.45) is 0 Å². The number of nitrogens with zero attached hydrogens (tertiary/aromatic N) is 12. The molecule has 0 fully saturated rings. The Labute approximate surface area is 518 Å². The Morgan fingerprint density at radius 2 is 0.537 bits per heavy atom. The molecule has 20 heteroatoms. The number of rotatable bonds is 13. The van der Waals surface area contributed by atoms with E-state index in [0.29, 0.717) is 23.7 Å². The number of benzene rings is 2. The van der Waals surface area contributed by atoms with E-state index in [-0.39, 0.29) is 33.6 Å². The summed E-state index contributed by atoms with van der Waals surface area (Å²) >= 11 is 0. The Morgan fingerprint density at radius 1 is 0.354 bits per heavy atom. The second-order valence-electron chi connectivity index (χ2n) is 26.7. The van der Waals surface area contributed by atoms with Crippen molar-refractivity contribution in [3.05, 3.63) is 187 Å². The molecular weight excluding hydrogens is 1140 g/mol. The van der Waals surface area contributed by atoms with Crippen LogP contribution in [0.4, 0.5) is 0 Å². The van der Waals surface area contributed by atoms with Crippen LogP contribution in [0.1, 0.15) is 186 Å². The predicted molar refractivity (Wildman–Crippen MR) is 349 cm³/mol. The Kier molecular flexibility index (Phi) is 27.1. The molecule has 0 bridgehead atoms. The van der Waals surface area contributed by atoms with Crippen LogP contribution in [0.25, 0.3) is 10.8 Å². The zero-order valence-electron chi connectivity index (χ0n) is 55.0. The molecule has 2 radical (unpaired) electrons. The standard InChI is InChI=1S/C42H66B2N12.2C7H8.2C3H10NSi.2Co/c1-25(2)35-19-29(9)51(45-35)43(52-30(10)20-36(46-52)26(3)4)55-33(13)23-39(49-55)41(15,16)42(17,18)40-24-34(14)56(50-40)44(53-31(11)21-37(47-53)27(5)6)54-32(12)22-38(48-54)28(7)8;2*1-7-5-3-2-4-6-7;2*1-5(2,3)4;;/h19-28,43-44H,1-18H3;2*2-6H,1H3;2*4H,1-3H3;;/q-2;;;2*-1;2*+2. The second-order valence-corrected chi connectivity index (χ2v) is 35.7. The third-order valence-corrected chi connectivity index (χ3v) is 14.7. The third-order valence-electron chi connectivity index (χ3n) is 14.7. The van der Waals surface area contributed by atoms with E-state index in [4.69, 9.17) is 41.4 Å². The minimum Gasteiger partial charge on any atom is -0.680 e. The molecule has 0 spiro atoms. The summed E-state index contributed by atoms with van der Waals surface area (Å²) in [5, 5.41) is 45.9. The second kappa shape index (κ2) is 30.3. The molecule has 0 saturated carbocycles. The van der Waals surface area contributed by atoms with Gasteiger partial charge in [0.15, 0.2) is 0 Å². The van der Waals surface area contributed by atoms with E-state index in [1.54, 1.807) is 0 Å². The maximum Gasteiger partial charge on any atom is 2.00 e. The van der Waals surface area contributed by atoms with Crippen molar-refractivity contribution < 1.29 is 33.6 Å². The first-order valence-electron chi connectivity index (χ1n) is 29.1. The summed E-state index contributed by atoms with van der Waals surface area (Å²) in [4.78, 5) is 0. The van der Waals surface area contributed by atoms with Crippen LogP contribution in [-0.2, 0) is 44.4 Å². The van der Waals surface area contributed by atoms with Crippen LogP contribution in [0.2, 0.25) is 39.3 Å². The summed E-state index contributed by atoms with van der Waals surface area (Å²) in [6.45, 7) is 55.8. The van der Waals surface area contributed by atoms with E-state index in [1.165, 1.54) is 11.1 Å². The van der Waals surface area contributed by atoms with E-state index in [0.717, 1.165) is 68.3 Å². The monoisotopic (exact) mass is 1240 g/mol. The average molecular weight is 1240 g/mol. The largest absolute Gasteiger partial charge is 2.00 e. The van der Waals surface area contributed by atoms with Gasteiger partial charge in [-0.2, -0.15) is 0 Å². The first-order valence-corrected chi connectivity index (χ1v) is 36.1. The molecule has 0 aliphatic heterocycles. The molecule has 0 atom stereocenters. The summed E-state index contributed by atoms with van der Waals surface area (Å²) in [5.41, 5.74) is 14.6. The normalized spacial score (nSPS) is 11.9. The van der Waals surface area contributed by atoms with Gasteiger partial charge in [0.1, 0.15) is 0 Å². The van der Waals surface area contributed by atoms with Gasteiger partial charge in [0.2, 0.25) is 0 Å². The number of aryl methyl sites for hydroxylation is 8. The van der Waals surface area contributed by atoms with Crippen molar-refractivity contribution in [2.45, 2.75) is 212 Å². The van der Waals surface area contributed by atoms with Crippen molar-refractivity contribution >= 4 is 30.7 Å². The van der Waals surface area contributed by atoms with Gasteiger partial charge in [0.25, 0.3) is 0 Å². The summed E-state index contributed by atoms with van der Waals surface area (Å²) in [7, 11) is -5.90. The van der Waals surface area contributed by atoms with Gasteiger partial charge >= 0.3 is 47.8 Å². The Balaban J connectivity index is 0.000000729. The van der Waals surface area contributed by atoms with Crippen molar-refractivity contribution in [3.8, 4) is 0 Å². The average Bonchev–Trinajstić information content (AvgIpc) is 4.22. The Hall–Kier alpha value is -4.80. The zero-order chi connectivity index (χ0) is 60.6. The number of nitrogens with one attached hydrogen (secondary N) is 2. The molecule has 6 heterocycles. The molecule has 82 heavy (non-hydrogen) atoms. The molecule has 6 aromatic heterocycles. The van der Waals surface area contributed by atoms with Crippen LogP contribution in [-0.4, -0.2) is 88.9 Å². The van der Waals surface area contributed by atoms with E-state index in [9.17, 15) is 0 Å². The van der Waals surface area contributed by atoms with E-state index in [1.807, 2.05) is 75.7 Å². The predicted octanol–water partition coefficient (Wildman–Crippen LogP) is 15.5. The van der Waals surface area contributed by atoms with Crippen LogP contribution in [0, 0.1) is 55.4 Å². The van der Waals surface area contributed by atoms with Crippen molar-refractivity contribution in [1.29, 1.82) is 0 Å². The molecule has 0 unspecified atom stereocenters. The molecule has 0 aliphatic rings. The number of hydrogen-bond donors (Lipinski definition) is 0. The van der Waals surface area contributed by atoms with Crippen LogP contribution in [0.15, 0.2) is 97.1 Å². The van der Waals surface area contributed by atoms with Gasteiger partial charge in [0.05, 0.1) is 34.2 Å². The molecule has 2 N–H and O–H groups in total. The van der Waals surface area contributed by atoms with Crippen LogP contribution >= 0.6 is 0 Å². The summed E-state index contributed by atoms with van der Waals surface area (Å²) in [6, 6.07) is 33.9. The van der Waals surface area contributed by atoms with Crippen LogP contribution in [0.5, 0.6) is 0 Å². The van der Waals surface area contributed by atoms with E-state index >= 15 is 0 Å². The molecule has 0 saturated heterocycles. The minimum atomic E-state index is -1.59. The van der Waals surface area contributed by atoms with Gasteiger partial charge in [-0.1, -0.05) is 211 Å². The number of aromatic nitrogens is 12. The smallest absolute Gasteiger partial charge is 0.680 e. The molecule has 0 aliphatic carbocycles. The van der Waals surface area contributed by atoms with Gasteiger partial charge in [0, 0.05) is 10.8 Å². The Morgan fingerprint density at radius 3 is 0.695 bits per heavy atom. The van der Waals surface area contributed by atoms with Crippen molar-refractivity contribution in [3.63, 3.8) is 0 Å². The quantitative estimate of drug-likeness (QED) is 0.105. The molecule has 2 aromatic carbocycles. The molecule has 8 aromatic rings. The van der Waals surface area contributed by atoms with Gasteiger partial charge in [-0.3, -0.25) is 0 Å². The maximum atomic E-state index is 7.08. The first kappa shape index (κ1) is 73.3. The zero-order valence-corrected chi connectivity index (χ0v) is 59.1. The third kappa shape index (κ3) is 19.9. The van der Waals surface area contributed by atoms with Gasteiger partial charge in [-0.05, 0) is 150 Å². The first-order chi connectivity index (χ1) is 36.8. The Bertz CT molecular complexity index is 2860. The van der Waals surface area contributed by atoms with Gasteiger partial charge < -0.3 is 38.4 Å². The fourth-order valence-electron chi connectivity index (χ4n) is 9.09. The molecule has 14 nitrogen and oxygen atoms in total. The molecule has 452 valence electrons.